The first-order valence-corrected chi connectivity index (χ1v) is 9.82. The number of rotatable bonds is 6. The van der Waals surface area contributed by atoms with Crippen LogP contribution in [0.5, 0.6) is 0 Å². The third kappa shape index (κ3) is 4.57. The summed E-state index contributed by atoms with van der Waals surface area (Å²) in [5.41, 5.74) is 4.57. The van der Waals surface area contributed by atoms with Crippen LogP contribution in [0.4, 0.5) is 0 Å². The molecule has 140 valence electrons. The second-order valence-corrected chi connectivity index (χ2v) is 7.64. The third-order valence-electron chi connectivity index (χ3n) is 4.53. The highest BCUT2D eigenvalue weighted by molar-refractivity contribution is 7.99. The summed E-state index contributed by atoms with van der Waals surface area (Å²) < 4.78 is 1.94. The van der Waals surface area contributed by atoms with Crippen molar-refractivity contribution in [2.24, 2.45) is 7.05 Å². The molecule has 0 aliphatic carbocycles. The first-order valence-electron chi connectivity index (χ1n) is 8.83. The Labute approximate surface area is 164 Å². The number of hydrogen-bond donors (Lipinski definition) is 0. The molecule has 6 heteroatoms. The van der Waals surface area contributed by atoms with Crippen molar-refractivity contribution in [1.82, 2.24) is 19.7 Å². The van der Waals surface area contributed by atoms with Gasteiger partial charge in [0.1, 0.15) is 0 Å². The van der Waals surface area contributed by atoms with E-state index in [-0.39, 0.29) is 5.91 Å². The largest absolute Gasteiger partial charge is 0.341 e. The SMILES string of the molecule is Cc1cccc(-c2nnc(SCC(=O)N(C)Cc3ccccc3C)n2C)c1. The Morgan fingerprint density at radius 1 is 1.11 bits per heavy atom. The number of nitrogens with zero attached hydrogens (tertiary/aromatic N) is 4. The van der Waals surface area contributed by atoms with Crippen molar-refractivity contribution in [2.45, 2.75) is 25.5 Å². The van der Waals surface area contributed by atoms with Gasteiger partial charge in [0.15, 0.2) is 11.0 Å². The van der Waals surface area contributed by atoms with Crippen LogP contribution in [0, 0.1) is 13.8 Å². The van der Waals surface area contributed by atoms with Gasteiger partial charge in [-0.15, -0.1) is 10.2 Å². The van der Waals surface area contributed by atoms with Crippen molar-refractivity contribution >= 4 is 17.7 Å². The Bertz CT molecular complexity index is 951. The summed E-state index contributed by atoms with van der Waals surface area (Å²) >= 11 is 1.42. The van der Waals surface area contributed by atoms with Crippen LogP contribution in [0.15, 0.2) is 53.7 Å². The van der Waals surface area contributed by atoms with Gasteiger partial charge in [-0.25, -0.2) is 0 Å². The van der Waals surface area contributed by atoms with E-state index in [0.29, 0.717) is 12.3 Å². The summed E-state index contributed by atoms with van der Waals surface area (Å²) in [5, 5.41) is 9.29. The highest BCUT2D eigenvalue weighted by Gasteiger charge is 2.15. The zero-order chi connectivity index (χ0) is 19.4. The monoisotopic (exact) mass is 380 g/mol. The summed E-state index contributed by atoms with van der Waals surface area (Å²) in [6.45, 7) is 4.73. The number of thioether (sulfide) groups is 1. The Hall–Kier alpha value is -2.60. The van der Waals surface area contributed by atoms with Crippen molar-refractivity contribution in [3.63, 3.8) is 0 Å². The van der Waals surface area contributed by atoms with E-state index in [1.165, 1.54) is 28.5 Å². The Kier molecular flexibility index (Phi) is 5.96. The van der Waals surface area contributed by atoms with Crippen molar-refractivity contribution < 1.29 is 4.79 Å². The molecule has 0 fully saturated rings. The third-order valence-corrected chi connectivity index (χ3v) is 5.54. The first kappa shape index (κ1) is 19.2. The van der Waals surface area contributed by atoms with Crippen LogP contribution in [0.25, 0.3) is 11.4 Å². The van der Waals surface area contributed by atoms with E-state index in [9.17, 15) is 4.79 Å². The van der Waals surface area contributed by atoms with Gasteiger partial charge in [-0.3, -0.25) is 4.79 Å². The van der Waals surface area contributed by atoms with Gasteiger partial charge in [0, 0.05) is 26.2 Å². The molecule has 0 N–H and O–H groups in total. The lowest BCUT2D eigenvalue weighted by atomic mass is 10.1. The lowest BCUT2D eigenvalue weighted by molar-refractivity contribution is -0.127. The Balaban J connectivity index is 1.63. The number of aromatic nitrogens is 3. The predicted molar refractivity (Wildman–Crippen MR) is 110 cm³/mol. The summed E-state index contributed by atoms with van der Waals surface area (Å²) in [6.07, 6.45) is 0. The molecule has 27 heavy (non-hydrogen) atoms. The van der Waals surface area contributed by atoms with Crippen LogP contribution in [0.2, 0.25) is 0 Å². The number of carbonyl (C=O) groups is 1. The fraction of sp³-hybridized carbons (Fsp3) is 0.286. The van der Waals surface area contributed by atoms with E-state index in [1.54, 1.807) is 4.90 Å². The molecule has 0 unspecified atom stereocenters. The number of carbonyl (C=O) groups excluding carboxylic acids is 1. The molecular weight excluding hydrogens is 356 g/mol. The first-order chi connectivity index (χ1) is 13.0. The highest BCUT2D eigenvalue weighted by atomic mass is 32.2. The lowest BCUT2D eigenvalue weighted by Gasteiger charge is -2.18. The van der Waals surface area contributed by atoms with E-state index in [4.69, 9.17) is 0 Å². The fourth-order valence-corrected chi connectivity index (χ4v) is 3.70. The summed E-state index contributed by atoms with van der Waals surface area (Å²) in [6, 6.07) is 16.3. The maximum Gasteiger partial charge on any atom is 0.233 e. The van der Waals surface area contributed by atoms with Gasteiger partial charge < -0.3 is 9.47 Å². The van der Waals surface area contributed by atoms with Crippen LogP contribution in [-0.2, 0) is 18.4 Å². The Morgan fingerprint density at radius 2 is 1.89 bits per heavy atom. The Morgan fingerprint density at radius 3 is 2.63 bits per heavy atom. The molecule has 0 bridgehead atoms. The molecule has 1 heterocycles. The molecule has 0 saturated carbocycles. The molecule has 0 aliphatic heterocycles. The molecular formula is C21H24N4OS. The fourth-order valence-electron chi connectivity index (χ4n) is 2.84. The van der Waals surface area contributed by atoms with Gasteiger partial charge in [-0.2, -0.15) is 0 Å². The molecule has 3 rings (SSSR count). The normalized spacial score (nSPS) is 10.8. The number of amides is 1. The standard InChI is InChI=1S/C21H24N4OS/c1-15-8-7-11-17(12-15)20-22-23-21(25(20)4)27-14-19(26)24(3)13-18-10-6-5-9-16(18)2/h5-12H,13-14H2,1-4H3. The van der Waals surface area contributed by atoms with E-state index in [0.717, 1.165) is 16.5 Å². The predicted octanol–water partition coefficient (Wildman–Crippen LogP) is 3.85. The average Bonchev–Trinajstić information content (AvgIpc) is 3.02. The molecule has 3 aromatic rings. The zero-order valence-corrected chi connectivity index (χ0v) is 17.0. The zero-order valence-electron chi connectivity index (χ0n) is 16.1. The van der Waals surface area contributed by atoms with Crippen molar-refractivity contribution in [2.75, 3.05) is 12.8 Å². The average molecular weight is 381 g/mol. The molecule has 0 spiro atoms. The minimum atomic E-state index is 0.0726. The van der Waals surface area contributed by atoms with Crippen LogP contribution in [0.3, 0.4) is 0 Å². The maximum absolute atomic E-state index is 12.5. The number of benzene rings is 2. The van der Waals surface area contributed by atoms with E-state index < -0.39 is 0 Å². The molecule has 0 atom stereocenters. The van der Waals surface area contributed by atoms with E-state index >= 15 is 0 Å². The van der Waals surface area contributed by atoms with Gasteiger partial charge in [-0.05, 0) is 31.0 Å². The second kappa shape index (κ2) is 8.39. The van der Waals surface area contributed by atoms with Crippen LogP contribution in [0.1, 0.15) is 16.7 Å². The minimum absolute atomic E-state index is 0.0726. The van der Waals surface area contributed by atoms with Crippen molar-refractivity contribution in [3.8, 4) is 11.4 Å². The van der Waals surface area contributed by atoms with Gasteiger partial charge in [0.05, 0.1) is 5.75 Å². The van der Waals surface area contributed by atoms with Crippen molar-refractivity contribution in [3.05, 3.63) is 65.2 Å². The van der Waals surface area contributed by atoms with Gasteiger partial charge >= 0.3 is 0 Å². The molecule has 0 radical (unpaired) electrons. The van der Waals surface area contributed by atoms with Gasteiger partial charge in [0.25, 0.3) is 0 Å². The quantitative estimate of drug-likeness (QED) is 0.610. The maximum atomic E-state index is 12.5. The smallest absolute Gasteiger partial charge is 0.233 e. The van der Waals surface area contributed by atoms with Crippen LogP contribution < -0.4 is 0 Å². The lowest BCUT2D eigenvalue weighted by Crippen LogP contribution is -2.28. The second-order valence-electron chi connectivity index (χ2n) is 6.70. The summed E-state index contributed by atoms with van der Waals surface area (Å²) in [7, 11) is 3.77. The topological polar surface area (TPSA) is 51.0 Å². The van der Waals surface area contributed by atoms with Crippen LogP contribution >= 0.6 is 11.8 Å². The highest BCUT2D eigenvalue weighted by Crippen LogP contribution is 2.23. The molecule has 0 aliphatic rings. The summed E-state index contributed by atoms with van der Waals surface area (Å²) in [5.74, 6) is 1.22. The van der Waals surface area contributed by atoms with Gasteiger partial charge in [0.2, 0.25) is 5.91 Å². The molecule has 5 nitrogen and oxygen atoms in total. The molecule has 1 amide bonds. The summed E-state index contributed by atoms with van der Waals surface area (Å²) in [4.78, 5) is 14.3. The number of hydrogen-bond acceptors (Lipinski definition) is 4. The molecule has 0 saturated heterocycles. The van der Waals surface area contributed by atoms with Crippen LogP contribution in [-0.4, -0.2) is 38.4 Å². The van der Waals surface area contributed by atoms with E-state index in [2.05, 4.69) is 48.3 Å². The van der Waals surface area contributed by atoms with E-state index in [1.807, 2.05) is 42.9 Å². The molecule has 2 aromatic carbocycles. The van der Waals surface area contributed by atoms with Crippen molar-refractivity contribution in [1.29, 1.82) is 0 Å². The molecule has 1 aromatic heterocycles. The number of aryl methyl sites for hydroxylation is 2. The minimum Gasteiger partial charge on any atom is -0.341 e. The van der Waals surface area contributed by atoms with Gasteiger partial charge in [-0.1, -0.05) is 59.8 Å².